The molecule has 0 atom stereocenters. The van der Waals surface area contributed by atoms with Crippen LogP contribution in [0.5, 0.6) is 5.75 Å². The van der Waals surface area contributed by atoms with E-state index in [4.69, 9.17) is 39.5 Å². The Bertz CT molecular complexity index is 1640. The van der Waals surface area contributed by atoms with Crippen LogP contribution in [-0.2, 0) is 16.2 Å². The number of carbonyl (C=O) groups is 1. The molecule has 0 aliphatic rings. The number of hydrogen-bond acceptors (Lipinski definition) is 6. The van der Waals surface area contributed by atoms with E-state index < -0.39 is 5.97 Å². The van der Waals surface area contributed by atoms with Crippen molar-refractivity contribution in [3.63, 3.8) is 0 Å². The maximum absolute atomic E-state index is 12.2. The predicted octanol–water partition coefficient (Wildman–Crippen LogP) is 9.77. The molecule has 0 unspecified atom stereocenters. The first-order chi connectivity index (χ1) is 19.9. The van der Waals surface area contributed by atoms with Gasteiger partial charge in [0, 0.05) is 41.9 Å². The van der Waals surface area contributed by atoms with Crippen molar-refractivity contribution < 1.29 is 14.4 Å². The van der Waals surface area contributed by atoms with E-state index in [0.717, 1.165) is 38.0 Å². The van der Waals surface area contributed by atoms with E-state index >= 15 is 0 Å². The van der Waals surface area contributed by atoms with Crippen LogP contribution in [0.3, 0.4) is 0 Å². The molecule has 0 radical (unpaired) electrons. The molecule has 0 fully saturated rings. The lowest BCUT2D eigenvalue weighted by molar-refractivity contribution is -0.126. The van der Waals surface area contributed by atoms with Crippen molar-refractivity contribution in [2.75, 3.05) is 7.11 Å². The van der Waals surface area contributed by atoms with Gasteiger partial charge in [-0.25, -0.2) is 4.79 Å². The Hall–Kier alpha value is -3.07. The lowest BCUT2D eigenvalue weighted by atomic mass is 10.2. The van der Waals surface area contributed by atoms with Crippen LogP contribution in [0.1, 0.15) is 15.7 Å². The molecule has 10 heteroatoms. The van der Waals surface area contributed by atoms with Crippen LogP contribution in [0, 0.1) is 0 Å². The van der Waals surface area contributed by atoms with Crippen LogP contribution in [0.2, 0.25) is 15.2 Å². The fourth-order valence-corrected chi connectivity index (χ4v) is 7.62. The molecule has 5 nitrogen and oxygen atoms in total. The van der Waals surface area contributed by atoms with Crippen molar-refractivity contribution in [2.45, 2.75) is 20.9 Å². The van der Waals surface area contributed by atoms with E-state index in [1.54, 1.807) is 29.6 Å². The summed E-state index contributed by atoms with van der Waals surface area (Å²) in [5, 5.41) is 6.48. The highest BCUT2D eigenvalue weighted by molar-refractivity contribution is 8.16. The Morgan fingerprint density at radius 3 is 2.07 bits per heavy atom. The number of oxime groups is 1. The number of halogens is 3. The molecule has 41 heavy (non-hydrogen) atoms. The number of esters is 1. The summed E-state index contributed by atoms with van der Waals surface area (Å²) in [4.78, 5) is 18.9. The predicted molar refractivity (Wildman–Crippen MR) is 171 cm³/mol. The summed E-state index contributed by atoms with van der Waals surface area (Å²) in [6, 6.07) is 31.0. The lowest BCUT2D eigenvalue weighted by Crippen LogP contribution is -2.11. The van der Waals surface area contributed by atoms with Gasteiger partial charge >= 0.3 is 5.97 Å². The molecule has 208 valence electrons. The van der Waals surface area contributed by atoms with Gasteiger partial charge in [0.1, 0.15) is 18.0 Å². The molecule has 0 amide bonds. The van der Waals surface area contributed by atoms with Crippen LogP contribution in [0.15, 0.2) is 112 Å². The van der Waals surface area contributed by atoms with Gasteiger partial charge in [-0.05, 0) is 60.7 Å². The van der Waals surface area contributed by atoms with Crippen molar-refractivity contribution >= 4 is 81.4 Å². The van der Waals surface area contributed by atoms with Crippen molar-refractivity contribution in [3.8, 4) is 5.75 Å². The highest BCUT2D eigenvalue weighted by atomic mass is 35.5. The normalized spacial score (nSPS) is 11.4. The summed E-state index contributed by atoms with van der Waals surface area (Å²) in [6.07, 6.45) is 0.986. The molecule has 0 aliphatic heterocycles. The molecule has 4 aromatic carbocycles. The van der Waals surface area contributed by atoms with Gasteiger partial charge in [-0.15, -0.1) is 23.5 Å². The molecule has 0 saturated carbocycles. The van der Waals surface area contributed by atoms with Gasteiger partial charge in [0.05, 0.1) is 11.1 Å². The average molecular weight is 642 g/mol. The SMILES string of the molecule is CON=CC(=O)Oc1ccccc1Cn1c(Cl)c(C(Sc2ccc(Cl)cc2)Sc2ccc(Cl)cc2)c2ccccc21. The first-order valence-corrected chi connectivity index (χ1v) is 15.3. The number of hydrogen-bond donors (Lipinski definition) is 0. The third kappa shape index (κ3) is 7.23. The van der Waals surface area contributed by atoms with E-state index in [1.807, 2.05) is 89.5 Å². The van der Waals surface area contributed by atoms with Gasteiger partial charge in [0.15, 0.2) is 6.21 Å². The van der Waals surface area contributed by atoms with E-state index in [2.05, 4.69) is 16.1 Å². The maximum atomic E-state index is 12.2. The molecular weight excluding hydrogens is 619 g/mol. The highest BCUT2D eigenvalue weighted by Crippen LogP contribution is 2.52. The molecule has 1 aromatic heterocycles. The molecular formula is C31H23Cl3N2O3S2. The van der Waals surface area contributed by atoms with Crippen molar-refractivity contribution in [1.29, 1.82) is 0 Å². The number of rotatable bonds is 10. The summed E-state index contributed by atoms with van der Waals surface area (Å²) in [6.45, 7) is 0.383. The van der Waals surface area contributed by atoms with E-state index in [9.17, 15) is 4.79 Å². The molecule has 5 rings (SSSR count). The Balaban J connectivity index is 1.57. The van der Waals surface area contributed by atoms with Crippen LogP contribution in [-0.4, -0.2) is 23.9 Å². The van der Waals surface area contributed by atoms with Crippen LogP contribution in [0.4, 0.5) is 0 Å². The monoisotopic (exact) mass is 640 g/mol. The Labute approximate surface area is 261 Å². The summed E-state index contributed by atoms with van der Waals surface area (Å²) in [5.74, 6) is -0.222. The second-order valence-electron chi connectivity index (χ2n) is 8.73. The lowest BCUT2D eigenvalue weighted by Gasteiger charge is -2.18. The fourth-order valence-electron chi connectivity index (χ4n) is 4.23. The van der Waals surface area contributed by atoms with Gasteiger partial charge in [-0.1, -0.05) is 76.4 Å². The largest absolute Gasteiger partial charge is 0.422 e. The van der Waals surface area contributed by atoms with Gasteiger partial charge in [-0.3, -0.25) is 0 Å². The van der Waals surface area contributed by atoms with Crippen molar-refractivity contribution in [2.24, 2.45) is 5.16 Å². The zero-order valence-corrected chi connectivity index (χ0v) is 25.6. The van der Waals surface area contributed by atoms with E-state index in [0.29, 0.717) is 27.5 Å². The second-order valence-corrected chi connectivity index (χ2v) is 12.6. The average Bonchev–Trinajstić information content (AvgIpc) is 3.25. The van der Waals surface area contributed by atoms with Crippen molar-refractivity contribution in [3.05, 3.63) is 123 Å². The molecule has 5 aromatic rings. The molecule has 0 bridgehead atoms. The number of ether oxygens (including phenoxy) is 1. The molecule has 0 N–H and O–H groups in total. The number of carbonyl (C=O) groups excluding carboxylic acids is 1. The molecule has 1 heterocycles. The van der Waals surface area contributed by atoms with Crippen molar-refractivity contribution in [1.82, 2.24) is 4.57 Å². The highest BCUT2D eigenvalue weighted by Gasteiger charge is 2.26. The molecule has 0 spiro atoms. The van der Waals surface area contributed by atoms with E-state index in [-0.39, 0.29) is 4.58 Å². The third-order valence-corrected chi connectivity index (χ3v) is 9.55. The standard InChI is InChI=1S/C31H23Cl3N2O3S2/c1-38-35-18-28(37)39-27-9-5-2-6-20(27)19-36-26-8-4-3-7-25(26)29(30(36)34)31(40-23-14-10-21(32)11-15-23)41-24-16-12-22(33)13-17-24/h2-18,31H,19H2,1H3. The second kappa shape index (κ2) is 13.7. The van der Waals surface area contributed by atoms with Gasteiger partial charge < -0.3 is 14.1 Å². The topological polar surface area (TPSA) is 52.8 Å². The summed E-state index contributed by atoms with van der Waals surface area (Å²) in [5.41, 5.74) is 2.74. The van der Waals surface area contributed by atoms with Crippen LogP contribution >= 0.6 is 58.3 Å². The Morgan fingerprint density at radius 1 is 0.854 bits per heavy atom. The molecule has 0 saturated heterocycles. The zero-order valence-electron chi connectivity index (χ0n) is 21.7. The Morgan fingerprint density at radius 2 is 1.44 bits per heavy atom. The number of para-hydroxylation sites is 2. The van der Waals surface area contributed by atoms with Crippen LogP contribution in [0.25, 0.3) is 10.9 Å². The minimum Gasteiger partial charge on any atom is -0.422 e. The number of benzene rings is 4. The zero-order chi connectivity index (χ0) is 28.8. The molecule has 0 aliphatic carbocycles. The number of thioether (sulfide) groups is 2. The summed E-state index contributed by atoms with van der Waals surface area (Å²) in [7, 11) is 1.36. The van der Waals surface area contributed by atoms with E-state index in [1.165, 1.54) is 7.11 Å². The fraction of sp³-hybridized carbons (Fsp3) is 0.0968. The number of nitrogens with zero attached hydrogens (tertiary/aromatic N) is 2. The number of aromatic nitrogens is 1. The number of fused-ring (bicyclic) bond motifs is 1. The Kier molecular flexibility index (Phi) is 9.85. The summed E-state index contributed by atoms with van der Waals surface area (Å²) < 4.78 is 7.49. The van der Waals surface area contributed by atoms with Crippen LogP contribution < -0.4 is 4.74 Å². The maximum Gasteiger partial charge on any atom is 0.358 e. The van der Waals surface area contributed by atoms with Gasteiger partial charge in [-0.2, -0.15) is 0 Å². The minimum atomic E-state index is -0.637. The van der Waals surface area contributed by atoms with Gasteiger partial charge in [0.25, 0.3) is 0 Å². The first kappa shape index (κ1) is 29.4. The van der Waals surface area contributed by atoms with Gasteiger partial charge in [0.2, 0.25) is 0 Å². The quantitative estimate of drug-likeness (QED) is 0.0379. The third-order valence-electron chi connectivity index (χ3n) is 6.07. The minimum absolute atomic E-state index is 0.102. The first-order valence-electron chi connectivity index (χ1n) is 12.4. The smallest absolute Gasteiger partial charge is 0.358 e. The summed E-state index contributed by atoms with van der Waals surface area (Å²) >= 11 is 23.0.